The molecule has 2 rings (SSSR count). The van der Waals surface area contributed by atoms with E-state index in [1.165, 1.54) is 24.3 Å². The minimum absolute atomic E-state index is 0.0235. The molecular formula is C10H8Cl2N2O4S3. The molecular weight excluding hydrogens is 379 g/mol. The first-order valence-corrected chi connectivity index (χ1v) is 9.80. The van der Waals surface area contributed by atoms with Gasteiger partial charge in [-0.15, -0.1) is 11.3 Å². The molecule has 0 amide bonds. The Morgan fingerprint density at radius 3 is 2.24 bits per heavy atom. The van der Waals surface area contributed by atoms with Gasteiger partial charge in [0.2, 0.25) is 10.0 Å². The van der Waals surface area contributed by atoms with E-state index >= 15 is 0 Å². The summed E-state index contributed by atoms with van der Waals surface area (Å²) in [5.74, 6) is 0. The fourth-order valence-corrected chi connectivity index (χ4v) is 4.71. The molecule has 1 aromatic heterocycles. The van der Waals surface area contributed by atoms with Crippen molar-refractivity contribution >= 4 is 60.3 Å². The Kier molecular flexibility index (Phi) is 4.52. The molecule has 0 unspecified atom stereocenters. The van der Waals surface area contributed by atoms with E-state index in [4.69, 9.17) is 28.3 Å². The number of sulfonamides is 2. The van der Waals surface area contributed by atoms with Gasteiger partial charge in [0.1, 0.15) is 4.21 Å². The molecule has 0 saturated carbocycles. The summed E-state index contributed by atoms with van der Waals surface area (Å²) in [5.41, 5.74) is -0.0901. The number of rotatable bonds is 4. The highest BCUT2D eigenvalue weighted by Crippen LogP contribution is 2.30. The molecule has 3 N–H and O–H groups in total. The van der Waals surface area contributed by atoms with Gasteiger partial charge in [-0.05, 0) is 30.3 Å². The normalized spacial score (nSPS) is 12.3. The number of benzene rings is 1. The van der Waals surface area contributed by atoms with Crippen molar-refractivity contribution in [3.8, 4) is 0 Å². The van der Waals surface area contributed by atoms with Gasteiger partial charge >= 0.3 is 0 Å². The van der Waals surface area contributed by atoms with Crippen LogP contribution in [0.5, 0.6) is 0 Å². The topological polar surface area (TPSA) is 106 Å². The van der Waals surface area contributed by atoms with Gasteiger partial charge in [0.15, 0.2) is 0 Å². The van der Waals surface area contributed by atoms with E-state index in [2.05, 4.69) is 4.72 Å². The Labute approximate surface area is 135 Å². The highest BCUT2D eigenvalue weighted by atomic mass is 35.5. The lowest BCUT2D eigenvalue weighted by Gasteiger charge is -2.09. The van der Waals surface area contributed by atoms with Crippen molar-refractivity contribution in [3.05, 3.63) is 39.7 Å². The van der Waals surface area contributed by atoms with E-state index < -0.39 is 20.0 Å². The van der Waals surface area contributed by atoms with Crippen LogP contribution in [-0.2, 0) is 20.0 Å². The summed E-state index contributed by atoms with van der Waals surface area (Å²) in [6.07, 6.45) is 0. The van der Waals surface area contributed by atoms with E-state index in [1.807, 2.05) is 0 Å². The van der Waals surface area contributed by atoms with Gasteiger partial charge in [0.05, 0.1) is 19.9 Å². The Morgan fingerprint density at radius 2 is 1.71 bits per heavy atom. The first-order chi connectivity index (χ1) is 9.59. The second-order valence-electron chi connectivity index (χ2n) is 3.85. The Morgan fingerprint density at radius 1 is 1.05 bits per heavy atom. The monoisotopic (exact) mass is 386 g/mol. The van der Waals surface area contributed by atoms with E-state index in [9.17, 15) is 16.8 Å². The first-order valence-electron chi connectivity index (χ1n) is 5.20. The van der Waals surface area contributed by atoms with Crippen molar-refractivity contribution in [2.75, 3.05) is 4.72 Å². The number of thiophene rings is 1. The second kappa shape index (κ2) is 5.75. The quantitative estimate of drug-likeness (QED) is 0.841. The summed E-state index contributed by atoms with van der Waals surface area (Å²) in [5, 5.41) is 5.03. The summed E-state index contributed by atoms with van der Waals surface area (Å²) in [7, 11) is -7.88. The van der Waals surface area contributed by atoms with Crippen LogP contribution in [0.2, 0.25) is 9.36 Å². The molecule has 0 saturated heterocycles. The van der Waals surface area contributed by atoms with Crippen molar-refractivity contribution in [2.45, 2.75) is 9.10 Å². The molecule has 0 aliphatic heterocycles. The number of halogens is 2. The third-order valence-corrected chi connectivity index (χ3v) is 6.65. The number of primary sulfonamides is 1. The lowest BCUT2D eigenvalue weighted by molar-refractivity contribution is 0.596. The molecule has 2 aromatic rings. The van der Waals surface area contributed by atoms with Crippen LogP contribution >= 0.6 is 34.5 Å². The van der Waals surface area contributed by atoms with Gasteiger partial charge in [-0.3, -0.25) is 4.72 Å². The van der Waals surface area contributed by atoms with Gasteiger partial charge in [-0.1, -0.05) is 23.2 Å². The van der Waals surface area contributed by atoms with Crippen LogP contribution in [0.3, 0.4) is 0 Å². The molecule has 0 aliphatic rings. The fourth-order valence-electron chi connectivity index (χ4n) is 1.40. The van der Waals surface area contributed by atoms with Crippen LogP contribution in [0.25, 0.3) is 0 Å². The van der Waals surface area contributed by atoms with Crippen molar-refractivity contribution < 1.29 is 16.8 Å². The minimum atomic E-state index is -3.97. The van der Waals surface area contributed by atoms with Crippen molar-refractivity contribution in [2.24, 2.45) is 5.14 Å². The number of hydrogen-bond acceptors (Lipinski definition) is 5. The van der Waals surface area contributed by atoms with Crippen LogP contribution in [0, 0.1) is 0 Å². The van der Waals surface area contributed by atoms with Crippen molar-refractivity contribution in [3.63, 3.8) is 0 Å². The van der Waals surface area contributed by atoms with Gasteiger partial charge in [-0.25, -0.2) is 22.0 Å². The number of nitrogens with one attached hydrogen (secondary N) is 1. The average Bonchev–Trinajstić information content (AvgIpc) is 2.78. The Balaban J connectivity index is 2.44. The Hall–Kier alpha value is -0.840. The first kappa shape index (κ1) is 16.5. The van der Waals surface area contributed by atoms with Crippen molar-refractivity contribution in [1.82, 2.24) is 0 Å². The lowest BCUT2D eigenvalue weighted by atomic mass is 10.3. The maximum Gasteiger partial charge on any atom is 0.271 e. The van der Waals surface area contributed by atoms with Gasteiger partial charge < -0.3 is 0 Å². The molecule has 0 atom stereocenters. The summed E-state index contributed by atoms with van der Waals surface area (Å²) < 4.78 is 49.3. The van der Waals surface area contributed by atoms with E-state index in [0.717, 1.165) is 17.4 Å². The van der Waals surface area contributed by atoms with Gasteiger partial charge in [0.25, 0.3) is 10.0 Å². The maximum absolute atomic E-state index is 12.1. The zero-order valence-corrected chi connectivity index (χ0v) is 14.0. The lowest BCUT2D eigenvalue weighted by Crippen LogP contribution is -2.15. The number of hydrogen-bond donors (Lipinski definition) is 2. The average molecular weight is 387 g/mol. The van der Waals surface area contributed by atoms with E-state index in [-0.39, 0.29) is 19.8 Å². The summed E-state index contributed by atoms with van der Waals surface area (Å²) in [6, 6.07) is 6.22. The molecule has 0 aliphatic carbocycles. The highest BCUT2D eigenvalue weighted by Gasteiger charge is 2.19. The maximum atomic E-state index is 12.1. The van der Waals surface area contributed by atoms with Crippen LogP contribution in [0.4, 0.5) is 5.69 Å². The molecule has 114 valence electrons. The predicted molar refractivity (Wildman–Crippen MR) is 83.0 cm³/mol. The molecule has 1 aromatic carbocycles. The molecule has 0 radical (unpaired) electrons. The summed E-state index contributed by atoms with van der Waals surface area (Å²) in [4.78, 5) is -0.256. The van der Waals surface area contributed by atoms with Crippen LogP contribution in [0.15, 0.2) is 39.4 Å². The standard InChI is InChI=1S/C10H8Cl2N2O4S3/c11-7-2-1-6(20(13,15)16)5-8(7)14-21(17,18)10-4-3-9(12)19-10/h1-5,14H,(H2,13,15,16). The summed E-state index contributed by atoms with van der Waals surface area (Å²) in [6.45, 7) is 0. The third-order valence-electron chi connectivity index (χ3n) is 2.32. The van der Waals surface area contributed by atoms with Gasteiger partial charge in [-0.2, -0.15) is 0 Å². The predicted octanol–water partition coefficient (Wildman–Crippen LogP) is 2.50. The van der Waals surface area contributed by atoms with Gasteiger partial charge in [0, 0.05) is 0 Å². The van der Waals surface area contributed by atoms with Crippen molar-refractivity contribution in [1.29, 1.82) is 0 Å². The SMILES string of the molecule is NS(=O)(=O)c1ccc(Cl)c(NS(=O)(=O)c2ccc(Cl)s2)c1. The third kappa shape index (κ3) is 3.87. The smallest absolute Gasteiger partial charge is 0.271 e. The molecule has 11 heteroatoms. The zero-order chi connectivity index (χ0) is 15.8. The molecule has 0 fully saturated rings. The number of anilines is 1. The van der Waals surface area contributed by atoms with E-state index in [1.54, 1.807) is 0 Å². The Bertz CT molecular complexity index is 891. The molecule has 0 spiro atoms. The van der Waals surface area contributed by atoms with Crippen LogP contribution in [-0.4, -0.2) is 16.8 Å². The molecule has 0 bridgehead atoms. The largest absolute Gasteiger partial charge is 0.277 e. The van der Waals surface area contributed by atoms with Crippen LogP contribution < -0.4 is 9.86 Å². The van der Waals surface area contributed by atoms with Crippen LogP contribution in [0.1, 0.15) is 0 Å². The second-order valence-corrected chi connectivity index (χ2v) is 9.44. The summed E-state index contributed by atoms with van der Waals surface area (Å²) >= 11 is 12.4. The molecule has 21 heavy (non-hydrogen) atoms. The highest BCUT2D eigenvalue weighted by molar-refractivity contribution is 7.94. The number of nitrogens with two attached hydrogens (primary N) is 1. The zero-order valence-electron chi connectivity index (χ0n) is 10.1. The fraction of sp³-hybridized carbons (Fsp3) is 0. The molecule has 1 heterocycles. The van der Waals surface area contributed by atoms with E-state index in [0.29, 0.717) is 4.34 Å². The molecule has 6 nitrogen and oxygen atoms in total. The minimum Gasteiger partial charge on any atom is -0.277 e.